The number of esters is 2. The van der Waals surface area contributed by atoms with Crippen LogP contribution in [0.15, 0.2) is 42.5 Å². The van der Waals surface area contributed by atoms with E-state index in [9.17, 15) is 9.59 Å². The Balaban J connectivity index is 2.43. The molecule has 0 spiro atoms. The summed E-state index contributed by atoms with van der Waals surface area (Å²) < 4.78 is 10.4. The minimum atomic E-state index is -0.480. The Hall–Kier alpha value is -3.13. The van der Waals surface area contributed by atoms with Crippen LogP contribution in [0.1, 0.15) is 53.0 Å². The van der Waals surface area contributed by atoms with Crippen LogP contribution in [0.2, 0.25) is 0 Å². The van der Waals surface area contributed by atoms with E-state index in [2.05, 4.69) is 6.07 Å². The summed E-state index contributed by atoms with van der Waals surface area (Å²) in [5, 5.41) is 8.93. The zero-order valence-electron chi connectivity index (χ0n) is 15.0. The van der Waals surface area contributed by atoms with Gasteiger partial charge in [-0.15, -0.1) is 0 Å². The van der Waals surface area contributed by atoms with E-state index in [1.54, 1.807) is 36.4 Å². The molecular formula is C21H21NO4. The third kappa shape index (κ3) is 4.93. The summed E-state index contributed by atoms with van der Waals surface area (Å²) >= 11 is 0. The van der Waals surface area contributed by atoms with Crippen LogP contribution in [-0.2, 0) is 9.47 Å². The Morgan fingerprint density at radius 3 is 1.77 bits per heavy atom. The van der Waals surface area contributed by atoms with E-state index < -0.39 is 11.9 Å². The normalized spacial score (nSPS) is 10.0. The zero-order chi connectivity index (χ0) is 18.9. The minimum absolute atomic E-state index is 0.295. The van der Waals surface area contributed by atoms with Crippen molar-refractivity contribution in [2.45, 2.75) is 26.7 Å². The van der Waals surface area contributed by atoms with E-state index in [0.29, 0.717) is 48.3 Å². The quantitative estimate of drug-likeness (QED) is 0.693. The monoisotopic (exact) mass is 351 g/mol. The van der Waals surface area contributed by atoms with Crippen molar-refractivity contribution in [3.63, 3.8) is 0 Å². The van der Waals surface area contributed by atoms with Crippen LogP contribution >= 0.6 is 0 Å². The summed E-state index contributed by atoms with van der Waals surface area (Å²) in [6.45, 7) is 4.45. The van der Waals surface area contributed by atoms with E-state index in [4.69, 9.17) is 14.7 Å². The predicted octanol–water partition coefficient (Wildman–Crippen LogP) is 4.36. The molecule has 2 aromatic rings. The maximum absolute atomic E-state index is 12.3. The van der Waals surface area contributed by atoms with Crippen molar-refractivity contribution in [3.8, 4) is 17.2 Å². The van der Waals surface area contributed by atoms with Gasteiger partial charge in [0.25, 0.3) is 0 Å². The number of benzene rings is 2. The first-order valence-corrected chi connectivity index (χ1v) is 8.59. The Labute approximate surface area is 153 Å². The second-order valence-corrected chi connectivity index (χ2v) is 5.76. The number of rotatable bonds is 7. The average Bonchev–Trinajstić information content (AvgIpc) is 2.69. The summed E-state index contributed by atoms with van der Waals surface area (Å²) in [5.41, 5.74) is 2.60. The fourth-order valence-corrected chi connectivity index (χ4v) is 2.32. The maximum atomic E-state index is 12.3. The van der Waals surface area contributed by atoms with Gasteiger partial charge in [0.05, 0.1) is 36.0 Å². The SMILES string of the molecule is CCCOC(=O)c1cc(C(=O)OCCC)cc(-c2ccc(C#N)cc2)c1. The van der Waals surface area contributed by atoms with Crippen molar-refractivity contribution in [1.82, 2.24) is 0 Å². The summed E-state index contributed by atoms with van der Waals surface area (Å²) in [6.07, 6.45) is 1.43. The molecule has 0 aromatic heterocycles. The Bertz CT molecular complexity index is 781. The van der Waals surface area contributed by atoms with Crippen LogP contribution in [0.3, 0.4) is 0 Å². The molecule has 134 valence electrons. The maximum Gasteiger partial charge on any atom is 0.338 e. The van der Waals surface area contributed by atoms with Gasteiger partial charge in [-0.1, -0.05) is 26.0 Å². The van der Waals surface area contributed by atoms with Crippen molar-refractivity contribution in [2.24, 2.45) is 0 Å². The molecule has 26 heavy (non-hydrogen) atoms. The fraction of sp³-hybridized carbons (Fsp3) is 0.286. The second kappa shape index (κ2) is 9.38. The largest absolute Gasteiger partial charge is 0.462 e. The summed E-state index contributed by atoms with van der Waals surface area (Å²) in [7, 11) is 0. The third-order valence-electron chi connectivity index (χ3n) is 3.63. The van der Waals surface area contributed by atoms with Gasteiger partial charge in [-0.2, -0.15) is 5.26 Å². The number of hydrogen-bond acceptors (Lipinski definition) is 5. The Morgan fingerprint density at radius 1 is 0.846 bits per heavy atom. The van der Waals surface area contributed by atoms with E-state index in [0.717, 1.165) is 5.56 Å². The fourth-order valence-electron chi connectivity index (χ4n) is 2.32. The smallest absolute Gasteiger partial charge is 0.338 e. The van der Waals surface area contributed by atoms with E-state index >= 15 is 0 Å². The Kier molecular flexibility index (Phi) is 6.92. The number of hydrogen-bond donors (Lipinski definition) is 0. The number of nitriles is 1. The zero-order valence-corrected chi connectivity index (χ0v) is 15.0. The molecule has 0 bridgehead atoms. The molecule has 0 saturated carbocycles. The van der Waals surface area contributed by atoms with Crippen LogP contribution in [0, 0.1) is 11.3 Å². The first-order chi connectivity index (χ1) is 12.6. The van der Waals surface area contributed by atoms with Gasteiger partial charge in [-0.3, -0.25) is 0 Å². The second-order valence-electron chi connectivity index (χ2n) is 5.76. The van der Waals surface area contributed by atoms with Crippen LogP contribution in [0.5, 0.6) is 0 Å². The van der Waals surface area contributed by atoms with E-state index in [-0.39, 0.29) is 0 Å². The molecule has 2 aromatic carbocycles. The third-order valence-corrected chi connectivity index (χ3v) is 3.63. The molecule has 0 fully saturated rings. The molecule has 2 rings (SSSR count). The molecule has 0 heterocycles. The highest BCUT2D eigenvalue weighted by molar-refractivity contribution is 5.97. The summed E-state index contributed by atoms with van der Waals surface area (Å²) in [4.78, 5) is 24.5. The van der Waals surface area contributed by atoms with Gasteiger partial charge in [0.1, 0.15) is 0 Å². The molecule has 0 saturated heterocycles. The van der Waals surface area contributed by atoms with Crippen LogP contribution in [0.25, 0.3) is 11.1 Å². The van der Waals surface area contributed by atoms with Gasteiger partial charge >= 0.3 is 11.9 Å². The average molecular weight is 351 g/mol. The number of ether oxygens (including phenoxy) is 2. The highest BCUT2D eigenvalue weighted by Gasteiger charge is 2.15. The molecule has 0 amide bonds. The van der Waals surface area contributed by atoms with Crippen LogP contribution in [-0.4, -0.2) is 25.2 Å². The summed E-state index contributed by atoms with van der Waals surface area (Å²) in [5.74, 6) is -0.959. The molecule has 5 nitrogen and oxygen atoms in total. The van der Waals surface area contributed by atoms with Crippen LogP contribution in [0.4, 0.5) is 0 Å². The molecule has 0 aliphatic carbocycles. The summed E-state index contributed by atoms with van der Waals surface area (Å²) in [6, 6.07) is 13.8. The number of nitrogens with zero attached hydrogens (tertiary/aromatic N) is 1. The standard InChI is InChI=1S/C21H21NO4/c1-3-9-25-20(23)18-11-17(16-7-5-15(14-22)6-8-16)12-19(13-18)21(24)26-10-4-2/h5-8,11-13H,3-4,9-10H2,1-2H3. The molecule has 0 aliphatic rings. The highest BCUT2D eigenvalue weighted by Crippen LogP contribution is 2.24. The minimum Gasteiger partial charge on any atom is -0.462 e. The lowest BCUT2D eigenvalue weighted by molar-refractivity contribution is 0.0503. The first kappa shape index (κ1) is 19.2. The molecule has 0 aliphatic heterocycles. The first-order valence-electron chi connectivity index (χ1n) is 8.59. The van der Waals surface area contributed by atoms with Crippen LogP contribution < -0.4 is 0 Å². The van der Waals surface area contributed by atoms with Gasteiger partial charge < -0.3 is 9.47 Å². The van der Waals surface area contributed by atoms with Gasteiger partial charge in [-0.05, 0) is 54.3 Å². The predicted molar refractivity (Wildman–Crippen MR) is 97.7 cm³/mol. The molecule has 5 heteroatoms. The highest BCUT2D eigenvalue weighted by atomic mass is 16.5. The molecule has 0 unspecified atom stereocenters. The van der Waals surface area contributed by atoms with Crippen molar-refractivity contribution >= 4 is 11.9 Å². The number of carbonyl (C=O) groups is 2. The van der Waals surface area contributed by atoms with E-state index in [1.807, 2.05) is 13.8 Å². The lowest BCUT2D eigenvalue weighted by atomic mass is 9.99. The molecule has 0 atom stereocenters. The van der Waals surface area contributed by atoms with E-state index in [1.165, 1.54) is 6.07 Å². The lowest BCUT2D eigenvalue weighted by Gasteiger charge is -2.10. The van der Waals surface area contributed by atoms with Crippen molar-refractivity contribution in [1.29, 1.82) is 5.26 Å². The Morgan fingerprint density at radius 2 is 1.35 bits per heavy atom. The van der Waals surface area contributed by atoms with Gasteiger partial charge in [0.15, 0.2) is 0 Å². The van der Waals surface area contributed by atoms with Gasteiger partial charge in [0, 0.05) is 0 Å². The van der Waals surface area contributed by atoms with Gasteiger partial charge in [-0.25, -0.2) is 9.59 Å². The molecule has 0 N–H and O–H groups in total. The molecule has 0 radical (unpaired) electrons. The lowest BCUT2D eigenvalue weighted by Crippen LogP contribution is -2.10. The van der Waals surface area contributed by atoms with Gasteiger partial charge in [0.2, 0.25) is 0 Å². The number of carbonyl (C=O) groups excluding carboxylic acids is 2. The topological polar surface area (TPSA) is 76.4 Å². The van der Waals surface area contributed by atoms with Crippen molar-refractivity contribution in [3.05, 3.63) is 59.2 Å². The molecular weight excluding hydrogens is 330 g/mol. The van der Waals surface area contributed by atoms with Crippen molar-refractivity contribution < 1.29 is 19.1 Å². The van der Waals surface area contributed by atoms with Crippen molar-refractivity contribution in [2.75, 3.05) is 13.2 Å².